The first-order chi connectivity index (χ1) is 8.90. The first-order valence-corrected chi connectivity index (χ1v) is 8.11. The number of amides is 2. The van der Waals surface area contributed by atoms with Crippen molar-refractivity contribution in [1.29, 1.82) is 0 Å². The van der Waals surface area contributed by atoms with Crippen LogP contribution >= 0.6 is 0 Å². The van der Waals surface area contributed by atoms with Crippen molar-refractivity contribution in [3.63, 3.8) is 0 Å². The van der Waals surface area contributed by atoms with Gasteiger partial charge in [0.1, 0.15) is 0 Å². The fourth-order valence-corrected chi connectivity index (χ4v) is 2.45. The molecule has 4 atom stereocenters. The summed E-state index contributed by atoms with van der Waals surface area (Å²) in [6.45, 7) is 2.15. The molecule has 0 saturated heterocycles. The highest BCUT2D eigenvalue weighted by Crippen LogP contribution is 2.24. The zero-order valence-electron chi connectivity index (χ0n) is 11.3. The molecule has 0 spiro atoms. The topological polar surface area (TPSA) is 95.5 Å². The SMILES string of the molecule is CC(CNC(=O)NC1CCCC(C(=O)O)C1)S(C)=O. The Balaban J connectivity index is 2.32. The Kier molecular flexibility index (Phi) is 6.27. The van der Waals surface area contributed by atoms with E-state index in [2.05, 4.69) is 10.6 Å². The van der Waals surface area contributed by atoms with Crippen molar-refractivity contribution in [2.45, 2.75) is 43.9 Å². The Morgan fingerprint density at radius 3 is 2.68 bits per heavy atom. The van der Waals surface area contributed by atoms with E-state index in [-0.39, 0.29) is 23.2 Å². The van der Waals surface area contributed by atoms with Gasteiger partial charge in [0, 0.05) is 34.9 Å². The molecule has 0 aromatic heterocycles. The summed E-state index contributed by atoms with van der Waals surface area (Å²) in [6, 6.07) is -0.398. The number of nitrogens with one attached hydrogen (secondary N) is 2. The molecule has 1 aliphatic carbocycles. The molecule has 110 valence electrons. The van der Waals surface area contributed by atoms with Gasteiger partial charge < -0.3 is 15.7 Å². The number of rotatable bonds is 5. The standard InChI is InChI=1S/C12H22N2O4S/c1-8(19(2)18)7-13-12(17)14-10-5-3-4-9(6-10)11(15)16/h8-10H,3-7H2,1-2H3,(H,15,16)(H2,13,14,17). The van der Waals surface area contributed by atoms with Crippen LogP contribution in [-0.4, -0.2) is 45.4 Å². The van der Waals surface area contributed by atoms with Gasteiger partial charge in [0.25, 0.3) is 0 Å². The highest BCUT2D eigenvalue weighted by molar-refractivity contribution is 7.84. The van der Waals surface area contributed by atoms with Gasteiger partial charge in [0.2, 0.25) is 0 Å². The van der Waals surface area contributed by atoms with Crippen molar-refractivity contribution in [2.24, 2.45) is 5.92 Å². The average molecular weight is 290 g/mol. The van der Waals surface area contributed by atoms with Crippen LogP contribution in [-0.2, 0) is 15.6 Å². The molecule has 1 fully saturated rings. The summed E-state index contributed by atoms with van der Waals surface area (Å²) in [5.41, 5.74) is 0. The molecular weight excluding hydrogens is 268 g/mol. The lowest BCUT2D eigenvalue weighted by molar-refractivity contribution is -0.143. The van der Waals surface area contributed by atoms with Crippen molar-refractivity contribution < 1.29 is 18.9 Å². The van der Waals surface area contributed by atoms with Crippen molar-refractivity contribution in [1.82, 2.24) is 10.6 Å². The van der Waals surface area contributed by atoms with Gasteiger partial charge in [-0.2, -0.15) is 0 Å². The minimum atomic E-state index is -0.966. The van der Waals surface area contributed by atoms with Gasteiger partial charge in [-0.15, -0.1) is 0 Å². The predicted octanol–water partition coefficient (Wildman–Crippen LogP) is 0.696. The molecule has 7 heteroatoms. The summed E-state index contributed by atoms with van der Waals surface area (Å²) in [4.78, 5) is 22.6. The van der Waals surface area contributed by atoms with E-state index in [9.17, 15) is 13.8 Å². The second kappa shape index (κ2) is 7.47. The van der Waals surface area contributed by atoms with Crippen LogP contribution < -0.4 is 10.6 Å². The lowest BCUT2D eigenvalue weighted by Gasteiger charge is -2.27. The van der Waals surface area contributed by atoms with Crippen LogP contribution in [0.15, 0.2) is 0 Å². The summed E-state index contributed by atoms with van der Waals surface area (Å²) in [7, 11) is -0.966. The van der Waals surface area contributed by atoms with Crippen molar-refractivity contribution in [3.8, 4) is 0 Å². The number of urea groups is 1. The van der Waals surface area contributed by atoms with E-state index in [1.165, 1.54) is 0 Å². The second-order valence-corrected chi connectivity index (χ2v) is 6.86. The van der Waals surface area contributed by atoms with Gasteiger partial charge in [-0.25, -0.2) is 4.79 Å². The maximum Gasteiger partial charge on any atom is 0.315 e. The van der Waals surface area contributed by atoms with E-state index in [1.807, 2.05) is 0 Å². The number of carbonyl (C=O) groups excluding carboxylic acids is 1. The molecule has 0 aliphatic heterocycles. The molecule has 1 rings (SSSR count). The molecule has 2 amide bonds. The fourth-order valence-electron chi connectivity index (χ4n) is 2.14. The number of carboxylic acid groups (broad SMARTS) is 1. The third-order valence-electron chi connectivity index (χ3n) is 3.48. The number of aliphatic carboxylic acids is 1. The third-order valence-corrected chi connectivity index (χ3v) is 4.78. The predicted molar refractivity (Wildman–Crippen MR) is 73.4 cm³/mol. The molecule has 0 aromatic rings. The second-order valence-electron chi connectivity index (χ2n) is 5.06. The molecular formula is C12H22N2O4S. The first kappa shape index (κ1) is 15.9. The molecule has 0 aromatic carbocycles. The van der Waals surface area contributed by atoms with E-state index >= 15 is 0 Å². The molecule has 0 bridgehead atoms. The van der Waals surface area contributed by atoms with Crippen LogP contribution in [0.1, 0.15) is 32.6 Å². The third kappa shape index (κ3) is 5.59. The van der Waals surface area contributed by atoms with Gasteiger partial charge in [-0.05, 0) is 26.2 Å². The lowest BCUT2D eigenvalue weighted by atomic mass is 9.86. The van der Waals surface area contributed by atoms with Crippen LogP contribution in [0.4, 0.5) is 4.79 Å². The van der Waals surface area contributed by atoms with Crippen molar-refractivity contribution in [2.75, 3.05) is 12.8 Å². The number of hydrogen-bond donors (Lipinski definition) is 3. The van der Waals surface area contributed by atoms with Gasteiger partial charge >= 0.3 is 12.0 Å². The lowest BCUT2D eigenvalue weighted by Crippen LogP contribution is -2.46. The highest BCUT2D eigenvalue weighted by Gasteiger charge is 2.27. The molecule has 1 aliphatic rings. The van der Waals surface area contributed by atoms with Crippen molar-refractivity contribution in [3.05, 3.63) is 0 Å². The Morgan fingerprint density at radius 1 is 1.42 bits per heavy atom. The first-order valence-electron chi connectivity index (χ1n) is 6.49. The van der Waals surface area contributed by atoms with Gasteiger partial charge in [-0.3, -0.25) is 9.00 Å². The van der Waals surface area contributed by atoms with Crippen LogP contribution in [0, 0.1) is 5.92 Å². The van der Waals surface area contributed by atoms with Crippen LogP contribution in [0.2, 0.25) is 0 Å². The molecule has 0 heterocycles. The Morgan fingerprint density at radius 2 is 2.11 bits per heavy atom. The largest absolute Gasteiger partial charge is 0.481 e. The summed E-state index contributed by atoms with van der Waals surface area (Å²) < 4.78 is 11.1. The Hall–Kier alpha value is -1.11. The Labute approximate surface area is 115 Å². The molecule has 19 heavy (non-hydrogen) atoms. The fraction of sp³-hybridized carbons (Fsp3) is 0.833. The maximum absolute atomic E-state index is 11.6. The zero-order chi connectivity index (χ0) is 14.4. The van der Waals surface area contributed by atoms with Gasteiger partial charge in [0.15, 0.2) is 0 Å². The smallest absolute Gasteiger partial charge is 0.315 e. The number of carboxylic acids is 1. The van der Waals surface area contributed by atoms with Crippen LogP contribution in [0.5, 0.6) is 0 Å². The highest BCUT2D eigenvalue weighted by atomic mass is 32.2. The zero-order valence-corrected chi connectivity index (χ0v) is 12.2. The van der Waals surface area contributed by atoms with E-state index in [4.69, 9.17) is 5.11 Å². The molecule has 4 unspecified atom stereocenters. The Bertz CT molecular complexity index is 362. The molecule has 0 radical (unpaired) electrons. The minimum Gasteiger partial charge on any atom is -0.481 e. The average Bonchev–Trinajstić information content (AvgIpc) is 2.36. The normalized spacial score (nSPS) is 26.2. The quantitative estimate of drug-likeness (QED) is 0.694. The van der Waals surface area contributed by atoms with E-state index in [0.717, 1.165) is 12.8 Å². The molecule has 3 N–H and O–H groups in total. The summed E-state index contributed by atoms with van der Waals surface area (Å²) in [6.07, 6.45) is 4.39. The van der Waals surface area contributed by atoms with Crippen LogP contribution in [0.25, 0.3) is 0 Å². The minimum absolute atomic E-state index is 0.0859. The number of hydrogen-bond acceptors (Lipinski definition) is 3. The summed E-state index contributed by atoms with van der Waals surface area (Å²) in [5.74, 6) is -1.15. The van der Waals surface area contributed by atoms with E-state index < -0.39 is 16.8 Å². The maximum atomic E-state index is 11.6. The summed E-state index contributed by atoms with van der Waals surface area (Å²) in [5, 5.41) is 14.3. The number of carbonyl (C=O) groups is 2. The van der Waals surface area contributed by atoms with E-state index in [0.29, 0.717) is 19.4 Å². The van der Waals surface area contributed by atoms with Gasteiger partial charge in [-0.1, -0.05) is 6.42 Å². The van der Waals surface area contributed by atoms with Crippen molar-refractivity contribution >= 4 is 22.8 Å². The monoisotopic (exact) mass is 290 g/mol. The van der Waals surface area contributed by atoms with Gasteiger partial charge in [0.05, 0.1) is 5.92 Å². The summed E-state index contributed by atoms with van der Waals surface area (Å²) >= 11 is 0. The van der Waals surface area contributed by atoms with E-state index in [1.54, 1.807) is 13.2 Å². The molecule has 1 saturated carbocycles. The van der Waals surface area contributed by atoms with Crippen LogP contribution in [0.3, 0.4) is 0 Å². The molecule has 6 nitrogen and oxygen atoms in total.